The van der Waals surface area contributed by atoms with Crippen molar-refractivity contribution in [2.24, 2.45) is 7.05 Å². The molecule has 2 unspecified atom stereocenters. The molecule has 2 atom stereocenters. The molecule has 1 aliphatic carbocycles. The van der Waals surface area contributed by atoms with Crippen molar-refractivity contribution < 1.29 is 19.1 Å². The molecule has 0 spiro atoms. The van der Waals surface area contributed by atoms with Crippen molar-refractivity contribution in [2.75, 3.05) is 51.1 Å². The van der Waals surface area contributed by atoms with Crippen LogP contribution in [0.3, 0.4) is 0 Å². The highest BCUT2D eigenvalue weighted by atomic mass is 16.6. The number of aryl methyl sites for hydroxylation is 2. The second kappa shape index (κ2) is 14.5. The van der Waals surface area contributed by atoms with Gasteiger partial charge in [-0.05, 0) is 67.9 Å². The highest BCUT2D eigenvalue weighted by Crippen LogP contribution is 2.31. The molecule has 2 saturated heterocycles. The van der Waals surface area contributed by atoms with E-state index >= 15 is 0 Å². The Morgan fingerprint density at radius 2 is 1.58 bits per heavy atom. The largest absolute Gasteiger partial charge is 0.435 e. The van der Waals surface area contributed by atoms with E-state index in [4.69, 9.17) is 4.74 Å². The molecule has 3 fully saturated rings. The molecule has 4 amide bonds. The molecule has 268 valence electrons. The monoisotopic (exact) mass is 685 g/mol. The zero-order valence-electron chi connectivity index (χ0n) is 29.7. The Balaban J connectivity index is 1.05. The van der Waals surface area contributed by atoms with Gasteiger partial charge in [0.25, 0.3) is 5.91 Å². The number of amides is 4. The van der Waals surface area contributed by atoms with Crippen LogP contribution >= 0.6 is 0 Å². The molecule has 4 heterocycles. The van der Waals surface area contributed by atoms with Crippen LogP contribution in [0.15, 0.2) is 41.2 Å². The van der Waals surface area contributed by atoms with E-state index in [1.54, 1.807) is 16.5 Å². The number of carbonyl (C=O) groups is 3. The summed E-state index contributed by atoms with van der Waals surface area (Å²) < 4.78 is 7.80. The number of rotatable bonds is 6. The molecular formula is C38H51N7O5. The van der Waals surface area contributed by atoms with Crippen LogP contribution in [0, 0.1) is 6.92 Å². The fourth-order valence-electron chi connectivity index (χ4n) is 8.54. The summed E-state index contributed by atoms with van der Waals surface area (Å²) in [5.74, 6) is -0.624. The number of piperazine rings is 1. The maximum atomic E-state index is 14.4. The number of carbonyl (C=O) groups excluding carboxylic acids is 3. The number of likely N-dealkylation sites (tertiary alicyclic amines) is 1. The Bertz CT molecular complexity index is 1780. The molecule has 2 N–H and O–H groups in total. The predicted octanol–water partition coefficient (Wildman–Crippen LogP) is 4.82. The summed E-state index contributed by atoms with van der Waals surface area (Å²) in [6.45, 7) is 8.22. The number of aromatic nitrogens is 2. The molecule has 0 radical (unpaired) electrons. The molecular weight excluding hydrogens is 634 g/mol. The zero-order chi connectivity index (χ0) is 34.9. The smallest absolute Gasteiger partial charge is 0.410 e. The minimum Gasteiger partial charge on any atom is -0.435 e. The number of anilines is 1. The minimum atomic E-state index is -1.02. The second-order valence-corrected chi connectivity index (χ2v) is 14.7. The number of imidazole rings is 1. The summed E-state index contributed by atoms with van der Waals surface area (Å²) in [7, 11) is 1.72. The van der Waals surface area contributed by atoms with Crippen LogP contribution in [0.5, 0.6) is 0 Å². The van der Waals surface area contributed by atoms with Crippen molar-refractivity contribution in [1.29, 1.82) is 0 Å². The van der Waals surface area contributed by atoms with Crippen molar-refractivity contribution in [2.45, 2.75) is 89.3 Å². The molecule has 4 aliphatic rings. The highest BCUT2D eigenvalue weighted by molar-refractivity contribution is 5.91. The topological polar surface area (TPSA) is 123 Å². The summed E-state index contributed by atoms with van der Waals surface area (Å²) in [6.07, 6.45) is 6.81. The molecule has 1 saturated carbocycles. The van der Waals surface area contributed by atoms with Crippen molar-refractivity contribution >= 4 is 34.8 Å². The summed E-state index contributed by atoms with van der Waals surface area (Å²) in [5, 5.41) is 3.06. The quantitative estimate of drug-likeness (QED) is 0.384. The number of urea groups is 1. The summed E-state index contributed by atoms with van der Waals surface area (Å²) >= 11 is 0. The van der Waals surface area contributed by atoms with Gasteiger partial charge in [0, 0.05) is 76.5 Å². The highest BCUT2D eigenvalue weighted by Gasteiger charge is 2.39. The van der Waals surface area contributed by atoms with Crippen molar-refractivity contribution in [1.82, 2.24) is 29.2 Å². The normalized spacial score (nSPS) is 21.0. The summed E-state index contributed by atoms with van der Waals surface area (Å²) in [4.78, 5) is 64.7. The minimum absolute atomic E-state index is 0.00729. The lowest BCUT2D eigenvalue weighted by atomic mass is 9.92. The molecule has 0 bridgehead atoms. The number of nitrogens with one attached hydrogen (secondary N) is 2. The third-order valence-corrected chi connectivity index (χ3v) is 11.7. The Morgan fingerprint density at radius 1 is 0.860 bits per heavy atom. The van der Waals surface area contributed by atoms with Crippen molar-refractivity contribution in [3.05, 3.63) is 63.6 Å². The molecule has 12 nitrogen and oxygen atoms in total. The van der Waals surface area contributed by atoms with Crippen LogP contribution in [0.2, 0.25) is 0 Å². The Morgan fingerprint density at radius 3 is 2.32 bits per heavy atom. The van der Waals surface area contributed by atoms with E-state index in [2.05, 4.69) is 15.2 Å². The zero-order valence-corrected chi connectivity index (χ0v) is 29.7. The van der Waals surface area contributed by atoms with Gasteiger partial charge < -0.3 is 29.7 Å². The molecule has 1 aromatic heterocycles. The average molecular weight is 686 g/mol. The van der Waals surface area contributed by atoms with E-state index in [1.165, 1.54) is 32.1 Å². The van der Waals surface area contributed by atoms with Crippen LogP contribution in [0.25, 0.3) is 11.0 Å². The Hall–Kier alpha value is -4.32. The Labute approximate surface area is 293 Å². The van der Waals surface area contributed by atoms with Crippen LogP contribution in [0.4, 0.5) is 15.3 Å². The van der Waals surface area contributed by atoms with Gasteiger partial charge in [-0.2, -0.15) is 0 Å². The number of nitrogens with zero attached hydrogens (tertiary/aromatic N) is 5. The molecule has 3 aromatic rings. The number of H-pyrrole nitrogens is 1. The number of benzene rings is 2. The summed E-state index contributed by atoms with van der Waals surface area (Å²) in [6, 6.07) is 12.3. The summed E-state index contributed by atoms with van der Waals surface area (Å²) in [5.41, 5.74) is 5.02. The van der Waals surface area contributed by atoms with Gasteiger partial charge in [0.05, 0.1) is 11.0 Å². The van der Waals surface area contributed by atoms with E-state index in [0.29, 0.717) is 51.6 Å². The number of hydrogen-bond donors (Lipinski definition) is 2. The second-order valence-electron chi connectivity index (χ2n) is 14.7. The van der Waals surface area contributed by atoms with Gasteiger partial charge in [-0.1, -0.05) is 50.5 Å². The number of para-hydroxylation sites is 1. The number of hydrogen-bond acceptors (Lipinski definition) is 6. The van der Waals surface area contributed by atoms with Crippen molar-refractivity contribution in [3.8, 4) is 0 Å². The molecule has 3 aliphatic heterocycles. The van der Waals surface area contributed by atoms with Gasteiger partial charge in [-0.3, -0.25) is 14.3 Å². The lowest BCUT2D eigenvalue weighted by molar-refractivity contribution is -0.144. The van der Waals surface area contributed by atoms with Crippen LogP contribution in [-0.4, -0.2) is 111 Å². The number of piperidine rings is 1. The van der Waals surface area contributed by atoms with Gasteiger partial charge >= 0.3 is 17.8 Å². The SMILES string of the molecule is Cc1cc(C(C)C(OC(=O)N2CCC(N3CCc4ccccc4NC3=O)CC2)C(=O)N2CCN(C3CCCCC3)CC2)cc2c1[nH]c(=O)n2C. The van der Waals surface area contributed by atoms with E-state index in [-0.39, 0.29) is 23.7 Å². The molecule has 7 rings (SSSR count). The third-order valence-electron chi connectivity index (χ3n) is 11.7. The predicted molar refractivity (Wildman–Crippen MR) is 192 cm³/mol. The van der Waals surface area contributed by atoms with E-state index < -0.39 is 18.1 Å². The number of ether oxygens (including phenoxy) is 1. The number of aromatic amines is 1. The molecule has 12 heteroatoms. The fourth-order valence-corrected chi connectivity index (χ4v) is 8.54. The van der Waals surface area contributed by atoms with Gasteiger partial charge in [-0.15, -0.1) is 0 Å². The molecule has 2 aromatic carbocycles. The van der Waals surface area contributed by atoms with Gasteiger partial charge in [0.2, 0.25) is 0 Å². The first-order chi connectivity index (χ1) is 24.2. The maximum Gasteiger partial charge on any atom is 0.410 e. The van der Waals surface area contributed by atoms with Crippen molar-refractivity contribution in [3.63, 3.8) is 0 Å². The Kier molecular flexibility index (Phi) is 9.90. The fraction of sp³-hybridized carbons (Fsp3) is 0.579. The lowest BCUT2D eigenvalue weighted by Gasteiger charge is -2.42. The third kappa shape index (κ3) is 6.86. The van der Waals surface area contributed by atoms with Crippen LogP contribution in [-0.2, 0) is 23.0 Å². The first-order valence-electron chi connectivity index (χ1n) is 18.5. The average Bonchev–Trinajstić information content (AvgIpc) is 3.32. The standard InChI is InChI=1S/C38H51N7O5/c1-25-23-28(24-32-33(25)40-36(47)41(32)3)26(2)34(35(46)43-21-19-42(20-22-43)29-10-5-4-6-11-29)50-38(49)44-16-14-30(15-17-44)45-18-13-27-9-7-8-12-31(27)39-37(45)48/h7-9,12,23-24,26,29-30,34H,4-6,10-11,13-22H2,1-3H3,(H,39,48)(H,40,47). The van der Waals surface area contributed by atoms with E-state index in [0.717, 1.165) is 52.9 Å². The van der Waals surface area contributed by atoms with Crippen LogP contribution in [0.1, 0.15) is 74.5 Å². The van der Waals surface area contributed by atoms with Gasteiger partial charge in [-0.25, -0.2) is 14.4 Å². The first kappa shape index (κ1) is 34.1. The number of fused-ring (bicyclic) bond motifs is 2. The van der Waals surface area contributed by atoms with E-state index in [9.17, 15) is 19.2 Å². The maximum absolute atomic E-state index is 14.4. The van der Waals surface area contributed by atoms with E-state index in [1.807, 2.05) is 60.0 Å². The van der Waals surface area contributed by atoms with Gasteiger partial charge in [0.1, 0.15) is 0 Å². The first-order valence-corrected chi connectivity index (χ1v) is 18.5. The molecule has 50 heavy (non-hydrogen) atoms. The van der Waals surface area contributed by atoms with Gasteiger partial charge in [0.15, 0.2) is 6.10 Å². The van der Waals surface area contributed by atoms with Crippen LogP contribution < -0.4 is 11.0 Å². The lowest BCUT2D eigenvalue weighted by Crippen LogP contribution is -2.56.